The minimum atomic E-state index is -2.80. The molecule has 0 fully saturated rings. The van der Waals surface area contributed by atoms with Gasteiger partial charge in [0.2, 0.25) is 5.95 Å². The summed E-state index contributed by atoms with van der Waals surface area (Å²) in [5.41, 5.74) is 1.91. The molecular formula is C21H22ClN5O4S. The number of nitrogens with one attached hydrogen (secondary N) is 2. The lowest BCUT2D eigenvalue weighted by molar-refractivity contribution is 0.159. The van der Waals surface area contributed by atoms with Crippen LogP contribution in [-0.2, 0) is 14.4 Å². The van der Waals surface area contributed by atoms with Gasteiger partial charge in [-0.15, -0.1) is 0 Å². The number of carbonyl (C=O) groups is 1. The van der Waals surface area contributed by atoms with Crippen molar-refractivity contribution in [1.29, 1.82) is 0 Å². The molecule has 0 aliphatic rings. The van der Waals surface area contributed by atoms with Gasteiger partial charge in [0.15, 0.2) is 5.82 Å². The molecule has 0 saturated heterocycles. The smallest absolute Gasteiger partial charge is 0.418 e. The molecule has 2 N–H and O–H groups in total. The van der Waals surface area contributed by atoms with Gasteiger partial charge in [-0.2, -0.15) is 4.98 Å². The molecular weight excluding hydrogens is 454 g/mol. The summed E-state index contributed by atoms with van der Waals surface area (Å²) in [5.74, 6) is 1.16. The molecule has 11 heteroatoms. The van der Waals surface area contributed by atoms with Crippen LogP contribution in [0, 0.1) is 0 Å². The van der Waals surface area contributed by atoms with Gasteiger partial charge in [0.25, 0.3) is 0 Å². The van der Waals surface area contributed by atoms with Crippen LogP contribution in [0.5, 0.6) is 5.75 Å². The third-order valence-corrected chi connectivity index (χ3v) is 5.64. The normalized spacial score (nSPS) is 12.4. The number of anilines is 2. The van der Waals surface area contributed by atoms with E-state index in [4.69, 9.17) is 21.1 Å². The van der Waals surface area contributed by atoms with E-state index in [1.165, 1.54) is 25.1 Å². The van der Waals surface area contributed by atoms with Crippen molar-refractivity contribution in [2.75, 3.05) is 25.3 Å². The fourth-order valence-corrected chi connectivity index (χ4v) is 4.18. The molecule has 9 nitrogen and oxygen atoms in total. The Bertz CT molecular complexity index is 1240. The molecule has 0 spiro atoms. The first-order chi connectivity index (χ1) is 15.3. The van der Waals surface area contributed by atoms with Gasteiger partial charge < -0.3 is 14.8 Å². The van der Waals surface area contributed by atoms with Crippen molar-refractivity contribution in [3.05, 3.63) is 59.4 Å². The van der Waals surface area contributed by atoms with E-state index in [-0.39, 0.29) is 6.61 Å². The zero-order chi connectivity index (χ0) is 23.1. The van der Waals surface area contributed by atoms with E-state index in [1.807, 2.05) is 0 Å². The van der Waals surface area contributed by atoms with E-state index in [0.29, 0.717) is 39.4 Å². The Balaban J connectivity index is 1.85. The fourth-order valence-electron chi connectivity index (χ4n) is 2.81. The lowest BCUT2D eigenvalue weighted by atomic mass is 10.2. The van der Waals surface area contributed by atoms with Crippen molar-refractivity contribution in [3.8, 4) is 17.1 Å². The maximum atomic E-state index is 12.7. The molecule has 0 saturated carbocycles. The quantitative estimate of drug-likeness (QED) is 0.497. The number of hydrogen-bond donors (Lipinski definition) is 2. The second-order valence-electron chi connectivity index (χ2n) is 6.55. The highest BCUT2D eigenvalue weighted by molar-refractivity contribution is 7.99. The molecule has 3 aromatic rings. The number of rotatable bonds is 7. The highest BCUT2D eigenvalue weighted by Gasteiger charge is 2.13. The van der Waals surface area contributed by atoms with Crippen LogP contribution in [0.3, 0.4) is 0 Å². The first kappa shape index (κ1) is 23.3. The third-order valence-electron chi connectivity index (χ3n) is 4.05. The zero-order valence-electron chi connectivity index (χ0n) is 17.7. The van der Waals surface area contributed by atoms with Crippen molar-refractivity contribution in [1.82, 2.24) is 19.7 Å². The van der Waals surface area contributed by atoms with Crippen molar-refractivity contribution in [2.24, 2.45) is 0 Å². The third kappa shape index (κ3) is 6.08. The van der Waals surface area contributed by atoms with Crippen molar-refractivity contribution in [3.63, 3.8) is 0 Å². The van der Waals surface area contributed by atoms with Gasteiger partial charge in [-0.05, 0) is 36.8 Å². The summed E-state index contributed by atoms with van der Waals surface area (Å²) >= 11 is 6.20. The Labute approximate surface area is 191 Å². The number of methoxy groups -OCH3 is 1. The summed E-state index contributed by atoms with van der Waals surface area (Å²) in [4.78, 5) is 24.4. The molecule has 2 aromatic carbocycles. The Morgan fingerprint density at radius 2 is 2.00 bits per heavy atom. The predicted octanol–water partition coefficient (Wildman–Crippen LogP) is 3.67. The molecule has 1 amide bonds. The number of ether oxygens (including phenoxy) is 2. The summed E-state index contributed by atoms with van der Waals surface area (Å²) in [5, 5.41) is 5.00. The van der Waals surface area contributed by atoms with E-state index in [0.717, 1.165) is 0 Å². The molecule has 1 atom stereocenters. The first-order valence-electron chi connectivity index (χ1n) is 9.49. The van der Waals surface area contributed by atoms with Crippen LogP contribution >= 0.6 is 11.6 Å². The number of aromatic nitrogens is 3. The summed E-state index contributed by atoms with van der Waals surface area (Å²) < 4.78 is 25.2. The first-order valence-corrected chi connectivity index (χ1v) is 11.9. The summed E-state index contributed by atoms with van der Waals surface area (Å²) in [6.45, 7) is 1.86. The molecule has 32 heavy (non-hydrogen) atoms. The number of amides is 1. The minimum Gasteiger partial charge on any atom is -0.494 e. The van der Waals surface area contributed by atoms with E-state index in [1.54, 1.807) is 49.4 Å². The maximum absolute atomic E-state index is 12.7. The Kier molecular flexibility index (Phi) is 7.49. The van der Waals surface area contributed by atoms with E-state index >= 15 is 0 Å². The largest absolute Gasteiger partial charge is 0.494 e. The molecule has 0 aliphatic heterocycles. The van der Waals surface area contributed by atoms with Crippen LogP contribution in [-0.4, -0.2) is 50.6 Å². The number of carbonyl (C=O) groups excluding carboxylic acids is 1. The monoisotopic (exact) mass is 475 g/mol. The number of benzene rings is 2. The molecule has 1 heterocycles. The minimum absolute atomic E-state index is 0.190. The SMILES string of the molecule is CCOC(=O)NS(C)(=O)=Cc1cccc(Nc2ncnc(-c3cccc(Cl)c3OC)n2)c1. The molecule has 1 aromatic heterocycles. The average Bonchev–Trinajstić information content (AvgIpc) is 2.73. The summed E-state index contributed by atoms with van der Waals surface area (Å²) in [7, 11) is -1.27. The van der Waals surface area contributed by atoms with Gasteiger partial charge in [-0.25, -0.2) is 23.7 Å². The van der Waals surface area contributed by atoms with Crippen LogP contribution in [0.15, 0.2) is 48.8 Å². The topological polar surface area (TPSA) is 115 Å². The highest BCUT2D eigenvalue weighted by Crippen LogP contribution is 2.34. The molecule has 0 bridgehead atoms. The Morgan fingerprint density at radius 1 is 1.22 bits per heavy atom. The number of para-hydroxylation sites is 1. The zero-order valence-corrected chi connectivity index (χ0v) is 19.2. The van der Waals surface area contributed by atoms with Gasteiger partial charge in [0, 0.05) is 17.3 Å². The predicted molar refractivity (Wildman–Crippen MR) is 126 cm³/mol. The molecule has 3 rings (SSSR count). The van der Waals surface area contributed by atoms with Crippen LogP contribution in [0.25, 0.3) is 11.4 Å². The Hall–Kier alpha value is -3.37. The van der Waals surface area contributed by atoms with Crippen molar-refractivity contribution < 1.29 is 18.5 Å². The van der Waals surface area contributed by atoms with Gasteiger partial charge in [-0.1, -0.05) is 29.8 Å². The standard InChI is InChI=1S/C21H22ClN5O4S/c1-4-31-21(28)27-32(3,29)12-14-7-5-8-15(11-14)25-20-24-13-23-19(26-20)16-9-6-10-17(22)18(16)30-2/h5-13H,4H2,1-3H3,(H,27,28,29)(H,23,24,25,26). The molecule has 0 radical (unpaired) electrons. The van der Waals surface area contributed by atoms with E-state index < -0.39 is 15.8 Å². The highest BCUT2D eigenvalue weighted by atomic mass is 35.5. The second kappa shape index (κ2) is 10.3. The van der Waals surface area contributed by atoms with Crippen LogP contribution < -0.4 is 14.8 Å². The summed E-state index contributed by atoms with van der Waals surface area (Å²) in [6.07, 6.45) is 2.06. The average molecular weight is 476 g/mol. The molecule has 0 aliphatic carbocycles. The summed E-state index contributed by atoms with van der Waals surface area (Å²) in [6, 6.07) is 12.4. The van der Waals surface area contributed by atoms with Gasteiger partial charge in [0.05, 0.1) is 34.0 Å². The lowest BCUT2D eigenvalue weighted by Crippen LogP contribution is -2.31. The second-order valence-corrected chi connectivity index (χ2v) is 9.20. The number of halogens is 1. The molecule has 168 valence electrons. The van der Waals surface area contributed by atoms with Crippen LogP contribution in [0.1, 0.15) is 12.5 Å². The van der Waals surface area contributed by atoms with Crippen LogP contribution in [0.4, 0.5) is 16.4 Å². The van der Waals surface area contributed by atoms with Gasteiger partial charge >= 0.3 is 6.09 Å². The number of hydrogen-bond acceptors (Lipinski definition) is 8. The van der Waals surface area contributed by atoms with E-state index in [9.17, 15) is 9.00 Å². The lowest BCUT2D eigenvalue weighted by Gasteiger charge is -2.11. The number of nitrogens with zero attached hydrogens (tertiary/aromatic N) is 3. The van der Waals surface area contributed by atoms with E-state index in [2.05, 4.69) is 25.0 Å². The van der Waals surface area contributed by atoms with Crippen molar-refractivity contribution >= 4 is 44.4 Å². The van der Waals surface area contributed by atoms with Gasteiger partial charge in [0.1, 0.15) is 12.1 Å². The Morgan fingerprint density at radius 3 is 2.75 bits per heavy atom. The van der Waals surface area contributed by atoms with Gasteiger partial charge in [-0.3, -0.25) is 0 Å². The maximum Gasteiger partial charge on any atom is 0.418 e. The molecule has 1 unspecified atom stereocenters. The fraction of sp³-hybridized carbons (Fsp3) is 0.190. The van der Waals surface area contributed by atoms with Crippen LogP contribution in [0.2, 0.25) is 5.02 Å². The van der Waals surface area contributed by atoms with Crippen molar-refractivity contribution in [2.45, 2.75) is 6.92 Å².